The van der Waals surface area contributed by atoms with Crippen LogP contribution < -0.4 is 5.56 Å². The fourth-order valence-corrected chi connectivity index (χ4v) is 4.98. The van der Waals surface area contributed by atoms with E-state index in [9.17, 15) is 4.79 Å². The zero-order chi connectivity index (χ0) is 22.7. The third-order valence-electron chi connectivity index (χ3n) is 6.48. The summed E-state index contributed by atoms with van der Waals surface area (Å²) in [5.41, 5.74) is 1.96. The molecule has 0 radical (unpaired) electrons. The highest BCUT2D eigenvalue weighted by Gasteiger charge is 2.51. The van der Waals surface area contributed by atoms with Crippen molar-refractivity contribution in [1.82, 2.24) is 14.8 Å². The molecule has 0 spiro atoms. The SMILES string of the molecule is Cc1ccc2sc(Cn3nc(CB4OC(C)(C)C(C)(C)O4)c4ccccc4c3=O)nc2c1. The summed E-state index contributed by atoms with van der Waals surface area (Å²) in [7, 11) is -0.424. The van der Waals surface area contributed by atoms with Gasteiger partial charge in [-0.25, -0.2) is 9.67 Å². The molecule has 8 heteroatoms. The Kier molecular flexibility index (Phi) is 5.00. The minimum absolute atomic E-state index is 0.117. The van der Waals surface area contributed by atoms with Gasteiger partial charge in [-0.2, -0.15) is 5.10 Å². The van der Waals surface area contributed by atoms with Crippen molar-refractivity contribution >= 4 is 39.4 Å². The molecule has 0 bridgehead atoms. The van der Waals surface area contributed by atoms with Crippen LogP contribution in [0.4, 0.5) is 0 Å². The van der Waals surface area contributed by atoms with Gasteiger partial charge in [-0.3, -0.25) is 4.79 Å². The van der Waals surface area contributed by atoms with E-state index < -0.39 is 18.3 Å². The lowest BCUT2D eigenvalue weighted by Gasteiger charge is -2.32. The van der Waals surface area contributed by atoms with Gasteiger partial charge in [0.1, 0.15) is 5.01 Å². The molecule has 2 aromatic carbocycles. The molecule has 164 valence electrons. The van der Waals surface area contributed by atoms with Crippen molar-refractivity contribution in [2.75, 3.05) is 0 Å². The van der Waals surface area contributed by atoms with Gasteiger partial charge in [0.2, 0.25) is 0 Å². The average molecular weight is 447 g/mol. The summed E-state index contributed by atoms with van der Waals surface area (Å²) in [5.74, 6) is 0. The van der Waals surface area contributed by atoms with Crippen molar-refractivity contribution in [2.45, 2.75) is 58.7 Å². The Morgan fingerprint density at radius 2 is 1.72 bits per heavy atom. The number of hydrogen-bond acceptors (Lipinski definition) is 6. The van der Waals surface area contributed by atoms with Crippen LogP contribution in [0.15, 0.2) is 47.3 Å². The minimum atomic E-state index is -0.424. The van der Waals surface area contributed by atoms with Crippen LogP contribution in [0.2, 0.25) is 0 Å². The Morgan fingerprint density at radius 1 is 1.03 bits per heavy atom. The first-order chi connectivity index (χ1) is 15.1. The zero-order valence-electron chi connectivity index (χ0n) is 19.0. The molecule has 2 aromatic heterocycles. The first kappa shape index (κ1) is 21.3. The highest BCUT2D eigenvalue weighted by Crippen LogP contribution is 2.37. The molecule has 0 saturated carbocycles. The van der Waals surface area contributed by atoms with Crippen molar-refractivity contribution in [3.05, 3.63) is 69.1 Å². The van der Waals surface area contributed by atoms with E-state index in [1.54, 1.807) is 11.3 Å². The smallest absolute Gasteiger partial charge is 0.403 e. The van der Waals surface area contributed by atoms with Gasteiger partial charge >= 0.3 is 7.12 Å². The van der Waals surface area contributed by atoms with E-state index >= 15 is 0 Å². The lowest BCUT2D eigenvalue weighted by Crippen LogP contribution is -2.41. The Labute approximate surface area is 191 Å². The number of fused-ring (bicyclic) bond motifs is 2. The zero-order valence-corrected chi connectivity index (χ0v) is 19.8. The van der Waals surface area contributed by atoms with Gasteiger partial charge in [-0.1, -0.05) is 24.3 Å². The first-order valence-electron chi connectivity index (χ1n) is 10.8. The third kappa shape index (κ3) is 3.66. The molecule has 6 nitrogen and oxygen atoms in total. The number of benzene rings is 2. The molecule has 3 heterocycles. The number of aryl methyl sites for hydroxylation is 1. The summed E-state index contributed by atoms with van der Waals surface area (Å²) in [6, 6.07) is 13.8. The summed E-state index contributed by atoms with van der Waals surface area (Å²) in [6.45, 7) is 10.5. The maximum Gasteiger partial charge on any atom is 0.464 e. The van der Waals surface area contributed by atoms with Crippen LogP contribution in [0.3, 0.4) is 0 Å². The van der Waals surface area contributed by atoms with E-state index in [-0.39, 0.29) is 5.56 Å². The van der Waals surface area contributed by atoms with Crippen LogP contribution >= 0.6 is 11.3 Å². The van der Waals surface area contributed by atoms with Gasteiger partial charge in [0.25, 0.3) is 5.56 Å². The molecular weight excluding hydrogens is 421 g/mol. The molecule has 5 rings (SSSR count). The van der Waals surface area contributed by atoms with Crippen LogP contribution in [-0.4, -0.2) is 33.1 Å². The Balaban J connectivity index is 1.53. The van der Waals surface area contributed by atoms with Gasteiger partial charge in [0, 0.05) is 11.7 Å². The predicted octanol–water partition coefficient (Wildman–Crippen LogP) is 4.54. The topological polar surface area (TPSA) is 66.2 Å². The molecule has 4 aromatic rings. The second-order valence-electron chi connectivity index (χ2n) is 9.42. The molecular formula is C24H26BN3O3S. The van der Waals surface area contributed by atoms with Gasteiger partial charge in [-0.05, 0) is 58.4 Å². The quantitative estimate of drug-likeness (QED) is 0.430. The molecule has 0 atom stereocenters. The number of hydrogen-bond donors (Lipinski definition) is 0. The maximum atomic E-state index is 13.2. The molecule has 1 aliphatic heterocycles. The van der Waals surface area contributed by atoms with Gasteiger partial charge in [0.05, 0.1) is 39.0 Å². The summed E-state index contributed by atoms with van der Waals surface area (Å²) in [4.78, 5) is 17.9. The standard InChI is InChI=1S/C24H26BN3O3S/c1-15-10-11-20-18(12-15)26-21(32-20)14-28-22(29)17-9-7-6-8-16(17)19(27-28)13-25-30-23(2,3)24(4,5)31-25/h6-12H,13-14H2,1-5H3. The monoisotopic (exact) mass is 447 g/mol. The second kappa shape index (κ2) is 7.51. The molecule has 32 heavy (non-hydrogen) atoms. The van der Waals surface area contributed by atoms with Gasteiger partial charge in [-0.15, -0.1) is 11.3 Å². The van der Waals surface area contributed by atoms with Crippen LogP contribution in [0.5, 0.6) is 0 Å². The van der Waals surface area contributed by atoms with Crippen LogP contribution in [-0.2, 0) is 22.2 Å². The van der Waals surface area contributed by atoms with Crippen molar-refractivity contribution in [3.63, 3.8) is 0 Å². The van der Waals surface area contributed by atoms with Gasteiger partial charge < -0.3 is 9.31 Å². The molecule has 1 saturated heterocycles. The predicted molar refractivity (Wildman–Crippen MR) is 129 cm³/mol. The van der Waals surface area contributed by atoms with Crippen molar-refractivity contribution < 1.29 is 9.31 Å². The van der Waals surface area contributed by atoms with Gasteiger partial charge in [0.15, 0.2) is 0 Å². The number of nitrogens with zero attached hydrogens (tertiary/aromatic N) is 3. The molecule has 1 fully saturated rings. The minimum Gasteiger partial charge on any atom is -0.403 e. The van der Waals surface area contributed by atoms with E-state index in [1.807, 2.05) is 52.0 Å². The summed E-state index contributed by atoms with van der Waals surface area (Å²) in [5, 5.41) is 7.09. The summed E-state index contributed by atoms with van der Waals surface area (Å²) < 4.78 is 15.0. The lowest BCUT2D eigenvalue weighted by atomic mass is 9.82. The Bertz CT molecular complexity index is 1380. The highest BCUT2D eigenvalue weighted by atomic mass is 32.1. The van der Waals surface area contributed by atoms with E-state index in [1.165, 1.54) is 10.2 Å². The van der Waals surface area contributed by atoms with Crippen LogP contribution in [0, 0.1) is 6.92 Å². The lowest BCUT2D eigenvalue weighted by molar-refractivity contribution is 0.00578. The van der Waals surface area contributed by atoms with Crippen molar-refractivity contribution in [1.29, 1.82) is 0 Å². The maximum absolute atomic E-state index is 13.2. The van der Waals surface area contributed by atoms with E-state index in [0.29, 0.717) is 18.3 Å². The van der Waals surface area contributed by atoms with E-state index in [4.69, 9.17) is 19.4 Å². The average Bonchev–Trinajstić information content (AvgIpc) is 3.20. The normalized spacial score (nSPS) is 17.5. The molecule has 0 aliphatic carbocycles. The van der Waals surface area contributed by atoms with Crippen LogP contribution in [0.25, 0.3) is 21.0 Å². The molecule has 0 N–H and O–H groups in total. The fraction of sp³-hybridized carbons (Fsp3) is 0.375. The third-order valence-corrected chi connectivity index (χ3v) is 7.50. The fourth-order valence-electron chi connectivity index (χ4n) is 4.05. The summed E-state index contributed by atoms with van der Waals surface area (Å²) in [6.07, 6.45) is 0.465. The number of thiazole rings is 1. The highest BCUT2D eigenvalue weighted by molar-refractivity contribution is 7.18. The van der Waals surface area contributed by atoms with E-state index in [0.717, 1.165) is 26.3 Å². The number of rotatable bonds is 4. The second-order valence-corrected chi connectivity index (χ2v) is 10.5. The molecule has 0 amide bonds. The first-order valence-corrected chi connectivity index (χ1v) is 11.6. The summed E-state index contributed by atoms with van der Waals surface area (Å²) >= 11 is 1.59. The Morgan fingerprint density at radius 3 is 2.44 bits per heavy atom. The van der Waals surface area contributed by atoms with Crippen molar-refractivity contribution in [2.24, 2.45) is 0 Å². The molecule has 0 unspecified atom stereocenters. The van der Waals surface area contributed by atoms with Crippen molar-refractivity contribution in [3.8, 4) is 0 Å². The molecule has 1 aliphatic rings. The van der Waals surface area contributed by atoms with E-state index in [2.05, 4.69) is 25.1 Å². The largest absolute Gasteiger partial charge is 0.464 e. The Hall–Kier alpha value is -2.55. The van der Waals surface area contributed by atoms with Crippen LogP contribution in [0.1, 0.15) is 44.0 Å². The number of aromatic nitrogens is 3.